The van der Waals surface area contributed by atoms with Gasteiger partial charge in [0, 0.05) is 35.9 Å². The van der Waals surface area contributed by atoms with Crippen molar-refractivity contribution in [2.45, 2.75) is 19.8 Å². The maximum Gasteiger partial charge on any atom is 0.251 e. The van der Waals surface area contributed by atoms with E-state index in [1.54, 1.807) is 36.1 Å². The largest absolute Gasteiger partial charge is 0.490 e. The number of hydrogen-bond acceptors (Lipinski definition) is 5. The molecule has 2 N–H and O–H groups in total. The summed E-state index contributed by atoms with van der Waals surface area (Å²) in [6.45, 7) is 2.63. The minimum absolute atomic E-state index is 0.0577. The summed E-state index contributed by atoms with van der Waals surface area (Å²) in [4.78, 5) is 45.5. The summed E-state index contributed by atoms with van der Waals surface area (Å²) < 4.78 is 5.57. The molecular weight excluding hydrogens is 396 g/mol. The van der Waals surface area contributed by atoms with Gasteiger partial charge in [0.1, 0.15) is 18.2 Å². The zero-order chi connectivity index (χ0) is 21.8. The number of amides is 2. The van der Waals surface area contributed by atoms with Crippen molar-refractivity contribution < 1.29 is 14.3 Å². The number of hydrogen-bond donors (Lipinski definition) is 2. The molecule has 158 valence electrons. The van der Waals surface area contributed by atoms with E-state index >= 15 is 0 Å². The molecule has 8 heteroatoms. The van der Waals surface area contributed by atoms with Crippen molar-refractivity contribution in [3.63, 3.8) is 0 Å². The van der Waals surface area contributed by atoms with Gasteiger partial charge in [0.05, 0.1) is 12.2 Å². The van der Waals surface area contributed by atoms with Crippen LogP contribution >= 0.6 is 0 Å². The van der Waals surface area contributed by atoms with Gasteiger partial charge in [-0.25, -0.2) is 4.98 Å². The Labute approximate surface area is 178 Å². The van der Waals surface area contributed by atoms with E-state index in [1.807, 2.05) is 24.3 Å². The minimum Gasteiger partial charge on any atom is -0.490 e. The first kappa shape index (κ1) is 20.3. The number of aryl methyl sites for hydroxylation is 1. The van der Waals surface area contributed by atoms with Crippen LogP contribution in [0.2, 0.25) is 0 Å². The van der Waals surface area contributed by atoms with Crippen LogP contribution in [0.3, 0.4) is 0 Å². The zero-order valence-corrected chi connectivity index (χ0v) is 17.1. The predicted molar refractivity (Wildman–Crippen MR) is 117 cm³/mol. The van der Waals surface area contributed by atoms with Gasteiger partial charge in [-0.3, -0.25) is 14.4 Å². The Hall–Kier alpha value is -3.94. The van der Waals surface area contributed by atoms with Crippen LogP contribution in [0.4, 0.5) is 11.4 Å². The number of rotatable bonds is 5. The van der Waals surface area contributed by atoms with Crippen molar-refractivity contribution in [2.75, 3.05) is 23.4 Å². The first-order valence-corrected chi connectivity index (χ1v) is 10.00. The Kier molecular flexibility index (Phi) is 5.79. The number of nitrogens with zero attached hydrogens (tertiary/aromatic N) is 2. The van der Waals surface area contributed by atoms with Crippen LogP contribution in [0, 0.1) is 6.92 Å². The third kappa shape index (κ3) is 4.80. The van der Waals surface area contributed by atoms with Crippen molar-refractivity contribution in [1.82, 2.24) is 9.97 Å². The molecule has 0 saturated carbocycles. The molecule has 4 rings (SSSR count). The Morgan fingerprint density at radius 3 is 2.81 bits per heavy atom. The number of anilines is 2. The van der Waals surface area contributed by atoms with E-state index in [9.17, 15) is 14.4 Å². The summed E-state index contributed by atoms with van der Waals surface area (Å²) in [6, 6.07) is 15.8. The maximum absolute atomic E-state index is 12.7. The van der Waals surface area contributed by atoms with E-state index in [1.165, 1.54) is 6.07 Å². The smallest absolute Gasteiger partial charge is 0.251 e. The fourth-order valence-corrected chi connectivity index (χ4v) is 3.47. The van der Waals surface area contributed by atoms with E-state index in [2.05, 4.69) is 15.3 Å². The van der Waals surface area contributed by atoms with Crippen molar-refractivity contribution in [2.24, 2.45) is 0 Å². The number of para-hydroxylation sites is 2. The number of carbonyl (C=O) groups excluding carboxylic acids is 2. The van der Waals surface area contributed by atoms with Crippen LogP contribution in [0.25, 0.3) is 11.4 Å². The van der Waals surface area contributed by atoms with Gasteiger partial charge in [-0.1, -0.05) is 24.3 Å². The second kappa shape index (κ2) is 8.83. The molecule has 3 aromatic rings. The summed E-state index contributed by atoms with van der Waals surface area (Å²) in [5.41, 5.74) is 2.35. The lowest BCUT2D eigenvalue weighted by Gasteiger charge is -2.29. The monoisotopic (exact) mass is 418 g/mol. The molecule has 0 aliphatic carbocycles. The topological polar surface area (TPSA) is 104 Å². The molecular formula is C23H22N4O4. The SMILES string of the molecule is Cc1cc(=O)[nH]c(-c2cccc(NC(=O)CCC(=O)N3CCOc4ccccc43)c2)n1. The average molecular weight is 418 g/mol. The Morgan fingerprint density at radius 1 is 1.13 bits per heavy atom. The summed E-state index contributed by atoms with van der Waals surface area (Å²) in [5.74, 6) is 0.715. The van der Waals surface area contributed by atoms with Gasteiger partial charge in [0.2, 0.25) is 11.8 Å². The lowest BCUT2D eigenvalue weighted by molar-refractivity contribution is -0.122. The molecule has 0 atom stereocenters. The summed E-state index contributed by atoms with van der Waals surface area (Å²) in [7, 11) is 0. The van der Waals surface area contributed by atoms with Crippen LogP contribution in [0.1, 0.15) is 18.5 Å². The first-order chi connectivity index (χ1) is 15.0. The number of nitrogens with one attached hydrogen (secondary N) is 2. The normalized spacial score (nSPS) is 12.6. The van der Waals surface area contributed by atoms with Crippen LogP contribution in [-0.4, -0.2) is 34.9 Å². The van der Waals surface area contributed by atoms with Crippen LogP contribution in [0.15, 0.2) is 59.4 Å². The third-order valence-electron chi connectivity index (χ3n) is 4.88. The number of benzene rings is 2. The number of aromatic nitrogens is 2. The second-order valence-corrected chi connectivity index (χ2v) is 7.23. The molecule has 31 heavy (non-hydrogen) atoms. The lowest BCUT2D eigenvalue weighted by Crippen LogP contribution is -2.38. The molecule has 1 aliphatic heterocycles. The van der Waals surface area contributed by atoms with Crippen molar-refractivity contribution in [1.29, 1.82) is 0 Å². The molecule has 8 nitrogen and oxygen atoms in total. The number of fused-ring (bicyclic) bond motifs is 1. The van der Waals surface area contributed by atoms with Gasteiger partial charge in [0.25, 0.3) is 5.56 Å². The molecule has 2 amide bonds. The Balaban J connectivity index is 1.39. The van der Waals surface area contributed by atoms with E-state index in [0.717, 1.165) is 5.69 Å². The standard InChI is InChI=1S/C23H22N4O4/c1-15-13-21(29)26-23(24-15)16-5-4-6-17(14-16)25-20(28)9-10-22(30)27-11-12-31-19-8-3-2-7-18(19)27/h2-8,13-14H,9-12H2,1H3,(H,25,28)(H,24,26,29). The Bertz CT molecular complexity index is 1190. The lowest BCUT2D eigenvalue weighted by atomic mass is 10.1. The van der Waals surface area contributed by atoms with E-state index in [0.29, 0.717) is 41.7 Å². The van der Waals surface area contributed by atoms with Crippen LogP contribution in [-0.2, 0) is 9.59 Å². The summed E-state index contributed by atoms with van der Waals surface area (Å²) in [5, 5.41) is 2.80. The van der Waals surface area contributed by atoms with Gasteiger partial charge in [-0.05, 0) is 31.2 Å². The third-order valence-corrected chi connectivity index (χ3v) is 4.88. The molecule has 1 aliphatic rings. The molecule has 2 aromatic carbocycles. The highest BCUT2D eigenvalue weighted by Crippen LogP contribution is 2.31. The molecule has 0 spiro atoms. The molecule has 2 heterocycles. The number of H-pyrrole nitrogens is 1. The molecule has 0 bridgehead atoms. The van der Waals surface area contributed by atoms with E-state index in [-0.39, 0.29) is 30.2 Å². The van der Waals surface area contributed by atoms with Gasteiger partial charge in [0.15, 0.2) is 0 Å². The second-order valence-electron chi connectivity index (χ2n) is 7.23. The average Bonchev–Trinajstić information content (AvgIpc) is 2.76. The van der Waals surface area contributed by atoms with Crippen molar-refractivity contribution in [3.05, 3.63) is 70.6 Å². The molecule has 1 aromatic heterocycles. The quantitative estimate of drug-likeness (QED) is 0.663. The van der Waals surface area contributed by atoms with Gasteiger partial charge >= 0.3 is 0 Å². The van der Waals surface area contributed by atoms with Crippen LogP contribution < -0.4 is 20.5 Å². The van der Waals surface area contributed by atoms with Gasteiger partial charge < -0.3 is 19.9 Å². The van der Waals surface area contributed by atoms with Gasteiger partial charge in [-0.15, -0.1) is 0 Å². The minimum atomic E-state index is -0.266. The van der Waals surface area contributed by atoms with E-state index < -0.39 is 0 Å². The summed E-state index contributed by atoms with van der Waals surface area (Å²) in [6.07, 6.45) is 0.148. The Morgan fingerprint density at radius 2 is 1.97 bits per heavy atom. The molecule has 0 radical (unpaired) electrons. The zero-order valence-electron chi connectivity index (χ0n) is 17.1. The van der Waals surface area contributed by atoms with Crippen LogP contribution in [0.5, 0.6) is 5.75 Å². The fourth-order valence-electron chi connectivity index (χ4n) is 3.47. The van der Waals surface area contributed by atoms with E-state index in [4.69, 9.17) is 4.74 Å². The first-order valence-electron chi connectivity index (χ1n) is 10.00. The highest BCUT2D eigenvalue weighted by Gasteiger charge is 2.23. The summed E-state index contributed by atoms with van der Waals surface area (Å²) >= 11 is 0. The molecule has 0 fully saturated rings. The predicted octanol–water partition coefficient (Wildman–Crippen LogP) is 2.89. The highest BCUT2D eigenvalue weighted by molar-refractivity contribution is 5.99. The number of carbonyl (C=O) groups is 2. The molecule has 0 unspecified atom stereocenters. The number of aromatic amines is 1. The van der Waals surface area contributed by atoms with Crippen molar-refractivity contribution in [3.8, 4) is 17.1 Å². The molecule has 0 saturated heterocycles. The fraction of sp³-hybridized carbons (Fsp3) is 0.217. The van der Waals surface area contributed by atoms with Crippen molar-refractivity contribution >= 4 is 23.2 Å². The highest BCUT2D eigenvalue weighted by atomic mass is 16.5. The van der Waals surface area contributed by atoms with Gasteiger partial charge in [-0.2, -0.15) is 0 Å². The number of ether oxygens (including phenoxy) is 1. The maximum atomic E-state index is 12.7.